The summed E-state index contributed by atoms with van der Waals surface area (Å²) in [6.07, 6.45) is 1.98. The van der Waals surface area contributed by atoms with E-state index in [9.17, 15) is 4.79 Å². The smallest absolute Gasteiger partial charge is 0.252 e. The molecule has 0 saturated carbocycles. The number of benzene rings is 2. The zero-order chi connectivity index (χ0) is 13.7. The maximum atomic E-state index is 12.3. The number of amides is 1. The summed E-state index contributed by atoms with van der Waals surface area (Å²) >= 11 is 1.59. The van der Waals surface area contributed by atoms with Crippen LogP contribution in [0.4, 0.5) is 0 Å². The fourth-order valence-corrected chi connectivity index (χ4v) is 2.53. The standard InChI is InChI=1S/C16H17NOS/c1-12(13-8-4-3-5-9-13)17-16(18)14-10-6-7-11-15(14)19-2/h3-12H,1-2H3,(H,17,18). The number of rotatable bonds is 4. The summed E-state index contributed by atoms with van der Waals surface area (Å²) in [5, 5.41) is 3.03. The molecule has 0 saturated heterocycles. The molecule has 2 aromatic rings. The van der Waals surface area contributed by atoms with Crippen molar-refractivity contribution in [3.63, 3.8) is 0 Å². The van der Waals surface area contributed by atoms with Crippen LogP contribution in [0.1, 0.15) is 28.9 Å². The second-order valence-electron chi connectivity index (χ2n) is 4.31. The van der Waals surface area contributed by atoms with Gasteiger partial charge in [-0.15, -0.1) is 11.8 Å². The van der Waals surface area contributed by atoms with Crippen molar-refractivity contribution in [2.75, 3.05) is 6.26 Å². The Labute approximate surface area is 118 Å². The lowest BCUT2D eigenvalue weighted by atomic mass is 10.1. The van der Waals surface area contributed by atoms with E-state index in [2.05, 4.69) is 5.32 Å². The summed E-state index contributed by atoms with van der Waals surface area (Å²) in [5.41, 5.74) is 1.84. The first-order valence-electron chi connectivity index (χ1n) is 6.21. The second kappa shape index (κ2) is 6.43. The van der Waals surface area contributed by atoms with Crippen molar-refractivity contribution >= 4 is 17.7 Å². The van der Waals surface area contributed by atoms with Gasteiger partial charge >= 0.3 is 0 Å². The van der Waals surface area contributed by atoms with Gasteiger partial charge in [0.15, 0.2) is 0 Å². The molecule has 1 atom stereocenters. The number of hydrogen-bond acceptors (Lipinski definition) is 2. The van der Waals surface area contributed by atoms with E-state index < -0.39 is 0 Å². The summed E-state index contributed by atoms with van der Waals surface area (Å²) in [5.74, 6) is -0.0266. The highest BCUT2D eigenvalue weighted by Crippen LogP contribution is 2.21. The molecular formula is C16H17NOS. The van der Waals surface area contributed by atoms with E-state index in [1.165, 1.54) is 0 Å². The molecule has 98 valence electrons. The molecule has 0 radical (unpaired) electrons. The molecule has 0 aliphatic rings. The average molecular weight is 271 g/mol. The molecule has 0 aliphatic carbocycles. The Morgan fingerprint density at radius 1 is 1.05 bits per heavy atom. The molecule has 0 heterocycles. The molecule has 0 spiro atoms. The molecule has 3 heteroatoms. The number of nitrogens with one attached hydrogen (secondary N) is 1. The zero-order valence-corrected chi connectivity index (χ0v) is 11.9. The highest BCUT2D eigenvalue weighted by molar-refractivity contribution is 7.98. The fourth-order valence-electron chi connectivity index (χ4n) is 1.93. The van der Waals surface area contributed by atoms with E-state index >= 15 is 0 Å². The third kappa shape index (κ3) is 3.38. The van der Waals surface area contributed by atoms with Gasteiger partial charge in [0.1, 0.15) is 0 Å². The first-order valence-corrected chi connectivity index (χ1v) is 7.43. The van der Waals surface area contributed by atoms with Gasteiger partial charge in [0.25, 0.3) is 5.91 Å². The predicted molar refractivity (Wildman–Crippen MR) is 80.5 cm³/mol. The van der Waals surface area contributed by atoms with Crippen molar-refractivity contribution in [1.29, 1.82) is 0 Å². The summed E-state index contributed by atoms with van der Waals surface area (Å²) in [7, 11) is 0. The Balaban J connectivity index is 2.13. The number of carbonyl (C=O) groups is 1. The van der Waals surface area contributed by atoms with Gasteiger partial charge < -0.3 is 5.32 Å². The van der Waals surface area contributed by atoms with Crippen molar-refractivity contribution in [3.05, 3.63) is 65.7 Å². The van der Waals surface area contributed by atoms with Gasteiger partial charge in [-0.3, -0.25) is 4.79 Å². The van der Waals surface area contributed by atoms with Crippen molar-refractivity contribution < 1.29 is 4.79 Å². The lowest BCUT2D eigenvalue weighted by Gasteiger charge is -2.15. The Morgan fingerprint density at radius 3 is 2.37 bits per heavy atom. The minimum atomic E-state index is -0.0266. The van der Waals surface area contributed by atoms with Crippen LogP contribution in [0.15, 0.2) is 59.5 Å². The van der Waals surface area contributed by atoms with Crippen LogP contribution in [0, 0.1) is 0 Å². The molecule has 2 rings (SSSR count). The van der Waals surface area contributed by atoms with E-state index in [1.807, 2.05) is 67.8 Å². The summed E-state index contributed by atoms with van der Waals surface area (Å²) < 4.78 is 0. The van der Waals surface area contributed by atoms with Gasteiger partial charge in [-0.05, 0) is 30.9 Å². The molecule has 0 bridgehead atoms. The van der Waals surface area contributed by atoms with Crippen molar-refractivity contribution in [1.82, 2.24) is 5.32 Å². The van der Waals surface area contributed by atoms with Gasteiger partial charge in [-0.2, -0.15) is 0 Å². The van der Waals surface area contributed by atoms with Crippen molar-refractivity contribution in [3.8, 4) is 0 Å². The van der Waals surface area contributed by atoms with E-state index in [-0.39, 0.29) is 11.9 Å². The third-order valence-corrected chi connectivity index (χ3v) is 3.79. The van der Waals surface area contributed by atoms with Crippen LogP contribution >= 0.6 is 11.8 Å². The Hall–Kier alpha value is -1.74. The monoisotopic (exact) mass is 271 g/mol. The first-order chi connectivity index (χ1) is 9.22. The zero-order valence-electron chi connectivity index (χ0n) is 11.1. The molecule has 0 fully saturated rings. The van der Waals surface area contributed by atoms with E-state index in [0.717, 1.165) is 16.0 Å². The third-order valence-electron chi connectivity index (χ3n) is 3.00. The van der Waals surface area contributed by atoms with Crippen LogP contribution in [0.2, 0.25) is 0 Å². The van der Waals surface area contributed by atoms with Gasteiger partial charge in [-0.1, -0.05) is 42.5 Å². The van der Waals surface area contributed by atoms with Crippen LogP contribution in [0.3, 0.4) is 0 Å². The highest BCUT2D eigenvalue weighted by atomic mass is 32.2. The van der Waals surface area contributed by atoms with E-state index in [0.29, 0.717) is 0 Å². The lowest BCUT2D eigenvalue weighted by molar-refractivity contribution is 0.0937. The number of thioether (sulfide) groups is 1. The van der Waals surface area contributed by atoms with Crippen molar-refractivity contribution in [2.24, 2.45) is 0 Å². The normalized spacial score (nSPS) is 11.9. The largest absolute Gasteiger partial charge is 0.345 e. The highest BCUT2D eigenvalue weighted by Gasteiger charge is 2.13. The summed E-state index contributed by atoms with van der Waals surface area (Å²) in [6.45, 7) is 1.99. The molecule has 19 heavy (non-hydrogen) atoms. The first kappa shape index (κ1) is 13.7. The van der Waals surface area contributed by atoms with E-state index in [4.69, 9.17) is 0 Å². The van der Waals surface area contributed by atoms with Crippen LogP contribution in [-0.4, -0.2) is 12.2 Å². The van der Waals surface area contributed by atoms with Crippen LogP contribution in [0.5, 0.6) is 0 Å². The average Bonchev–Trinajstić information content (AvgIpc) is 2.48. The number of hydrogen-bond donors (Lipinski definition) is 1. The summed E-state index contributed by atoms with van der Waals surface area (Å²) in [6, 6.07) is 17.6. The Bertz CT molecular complexity index is 554. The predicted octanol–water partition coefficient (Wildman–Crippen LogP) is 3.90. The minimum Gasteiger partial charge on any atom is -0.345 e. The topological polar surface area (TPSA) is 29.1 Å². The number of carbonyl (C=O) groups excluding carboxylic acids is 1. The quantitative estimate of drug-likeness (QED) is 0.854. The maximum absolute atomic E-state index is 12.3. The minimum absolute atomic E-state index is 0.00334. The Kier molecular flexibility index (Phi) is 4.63. The SMILES string of the molecule is CSc1ccccc1C(=O)NC(C)c1ccccc1. The molecule has 2 aromatic carbocycles. The van der Waals surface area contributed by atoms with Crippen LogP contribution in [-0.2, 0) is 0 Å². The molecule has 1 amide bonds. The van der Waals surface area contributed by atoms with Crippen LogP contribution < -0.4 is 5.32 Å². The van der Waals surface area contributed by atoms with Gasteiger partial charge in [0.05, 0.1) is 11.6 Å². The van der Waals surface area contributed by atoms with Gasteiger partial charge in [0.2, 0.25) is 0 Å². The van der Waals surface area contributed by atoms with Gasteiger partial charge in [0, 0.05) is 4.90 Å². The molecule has 1 unspecified atom stereocenters. The summed E-state index contributed by atoms with van der Waals surface area (Å²) in [4.78, 5) is 13.3. The Morgan fingerprint density at radius 2 is 1.68 bits per heavy atom. The molecule has 0 aliphatic heterocycles. The second-order valence-corrected chi connectivity index (χ2v) is 5.15. The van der Waals surface area contributed by atoms with Crippen molar-refractivity contribution in [2.45, 2.75) is 17.9 Å². The van der Waals surface area contributed by atoms with Crippen LogP contribution in [0.25, 0.3) is 0 Å². The molecule has 2 nitrogen and oxygen atoms in total. The lowest BCUT2D eigenvalue weighted by Crippen LogP contribution is -2.27. The molecule has 0 aromatic heterocycles. The molecule has 1 N–H and O–H groups in total. The van der Waals surface area contributed by atoms with Gasteiger partial charge in [-0.25, -0.2) is 0 Å². The molecular weight excluding hydrogens is 254 g/mol. The maximum Gasteiger partial charge on any atom is 0.252 e. The fraction of sp³-hybridized carbons (Fsp3) is 0.188. The van der Waals surface area contributed by atoms with E-state index in [1.54, 1.807) is 11.8 Å².